The molecule has 39 heavy (non-hydrogen) atoms. The van der Waals surface area contributed by atoms with Gasteiger partial charge in [-0.15, -0.1) is 0 Å². The minimum atomic E-state index is -3.72. The van der Waals surface area contributed by atoms with Crippen LogP contribution >= 0.6 is 0 Å². The highest BCUT2D eigenvalue weighted by atomic mass is 32.2. The van der Waals surface area contributed by atoms with Crippen molar-refractivity contribution in [2.75, 3.05) is 18.5 Å². The van der Waals surface area contributed by atoms with Crippen LogP contribution in [0, 0.1) is 0 Å². The Balaban J connectivity index is 1.35. The number of rotatable bonds is 9. The van der Waals surface area contributed by atoms with Gasteiger partial charge in [0.15, 0.2) is 0 Å². The first-order chi connectivity index (χ1) is 19.1. The number of pyridine rings is 1. The van der Waals surface area contributed by atoms with Crippen LogP contribution in [-0.4, -0.2) is 42.6 Å². The molecule has 0 radical (unpaired) electrons. The van der Waals surface area contributed by atoms with Gasteiger partial charge in [-0.25, -0.2) is 23.1 Å². The quantitative estimate of drug-likeness (QED) is 0.267. The van der Waals surface area contributed by atoms with Gasteiger partial charge in [0.1, 0.15) is 17.9 Å². The first-order valence-corrected chi connectivity index (χ1v) is 14.2. The lowest BCUT2D eigenvalue weighted by Crippen LogP contribution is -2.23. The fourth-order valence-corrected chi connectivity index (χ4v) is 5.73. The number of fused-ring (bicyclic) bond motifs is 1. The summed E-state index contributed by atoms with van der Waals surface area (Å²) in [7, 11) is -3.72. The Morgan fingerprint density at radius 1 is 0.949 bits per heavy atom. The maximum Gasteiger partial charge on any atom is 0.240 e. The van der Waals surface area contributed by atoms with Crippen molar-refractivity contribution in [3.8, 4) is 22.5 Å². The van der Waals surface area contributed by atoms with Crippen LogP contribution < -0.4 is 10.0 Å². The fraction of sp³-hybridized carbons (Fsp3) is 0.207. The maximum absolute atomic E-state index is 12.9. The summed E-state index contributed by atoms with van der Waals surface area (Å²) in [4.78, 5) is 13.1. The first kappa shape index (κ1) is 25.2. The van der Waals surface area contributed by atoms with Crippen LogP contribution in [0.3, 0.4) is 0 Å². The van der Waals surface area contributed by atoms with E-state index in [4.69, 9.17) is 9.15 Å². The Hall–Kier alpha value is -4.12. The van der Waals surface area contributed by atoms with Crippen molar-refractivity contribution in [1.82, 2.24) is 19.7 Å². The highest BCUT2D eigenvalue weighted by molar-refractivity contribution is 7.89. The molecule has 0 bridgehead atoms. The zero-order chi connectivity index (χ0) is 26.7. The van der Waals surface area contributed by atoms with Crippen molar-refractivity contribution >= 4 is 26.9 Å². The molecule has 9 nitrogen and oxygen atoms in total. The first-order valence-electron chi connectivity index (χ1n) is 12.8. The van der Waals surface area contributed by atoms with E-state index in [1.807, 2.05) is 36.4 Å². The van der Waals surface area contributed by atoms with E-state index in [9.17, 15) is 8.42 Å². The predicted octanol–water partition coefficient (Wildman–Crippen LogP) is 5.02. The molecule has 1 aliphatic heterocycles. The van der Waals surface area contributed by atoms with Crippen molar-refractivity contribution in [1.29, 1.82) is 0 Å². The Labute approximate surface area is 226 Å². The minimum Gasteiger partial charge on any atom is -0.437 e. The third-order valence-electron chi connectivity index (χ3n) is 6.69. The van der Waals surface area contributed by atoms with Crippen LogP contribution in [0.1, 0.15) is 18.4 Å². The molecule has 198 valence electrons. The molecule has 0 unspecified atom stereocenters. The molecule has 4 heterocycles. The lowest BCUT2D eigenvalue weighted by molar-refractivity contribution is 0.120. The van der Waals surface area contributed by atoms with E-state index in [0.717, 1.165) is 47.1 Å². The number of hydrogen-bond acceptors (Lipinski definition) is 8. The number of hydrogen-bond donors (Lipinski definition) is 2. The molecular formula is C29H27N5O4S. The second kappa shape index (κ2) is 10.9. The molecule has 5 aromatic rings. The van der Waals surface area contributed by atoms with E-state index in [1.54, 1.807) is 42.7 Å². The van der Waals surface area contributed by atoms with E-state index in [-0.39, 0.29) is 17.5 Å². The van der Waals surface area contributed by atoms with E-state index >= 15 is 0 Å². The number of ether oxygens (including phenoxy) is 1. The van der Waals surface area contributed by atoms with Crippen LogP contribution in [-0.2, 0) is 21.3 Å². The minimum absolute atomic E-state index is 0.141. The monoisotopic (exact) mass is 541 g/mol. The SMILES string of the molecule is O=S(=O)(NCc1cccnc1)c1ccc(-c2oc3ncnc(NC[C@@H]4CCCO4)c3c2-c2ccccc2)cc1. The number of anilines is 1. The maximum atomic E-state index is 12.9. The lowest BCUT2D eigenvalue weighted by atomic mass is 9.99. The summed E-state index contributed by atoms with van der Waals surface area (Å²) in [6.07, 6.45) is 6.96. The molecule has 6 rings (SSSR count). The third-order valence-corrected chi connectivity index (χ3v) is 8.10. The topological polar surface area (TPSA) is 119 Å². The van der Waals surface area contributed by atoms with E-state index in [1.165, 1.54) is 6.33 Å². The predicted molar refractivity (Wildman–Crippen MR) is 148 cm³/mol. The number of nitrogens with zero attached hydrogens (tertiary/aromatic N) is 3. The summed E-state index contributed by atoms with van der Waals surface area (Å²) >= 11 is 0. The van der Waals surface area contributed by atoms with Crippen molar-refractivity contribution in [3.63, 3.8) is 0 Å². The van der Waals surface area contributed by atoms with Crippen molar-refractivity contribution < 1.29 is 17.6 Å². The molecule has 2 N–H and O–H groups in total. The highest BCUT2D eigenvalue weighted by Crippen LogP contribution is 2.42. The van der Waals surface area contributed by atoms with Gasteiger partial charge in [-0.2, -0.15) is 0 Å². The number of benzene rings is 2. The number of sulfonamides is 1. The van der Waals surface area contributed by atoms with Crippen LogP contribution in [0.25, 0.3) is 33.6 Å². The van der Waals surface area contributed by atoms with Gasteiger partial charge < -0.3 is 14.5 Å². The second-order valence-electron chi connectivity index (χ2n) is 9.30. The molecule has 1 fully saturated rings. The summed E-state index contributed by atoms with van der Waals surface area (Å²) in [6.45, 7) is 1.57. The second-order valence-corrected chi connectivity index (χ2v) is 11.1. The number of nitrogens with one attached hydrogen (secondary N) is 2. The van der Waals surface area contributed by atoms with Crippen LogP contribution in [0.5, 0.6) is 0 Å². The van der Waals surface area contributed by atoms with Crippen LogP contribution in [0.2, 0.25) is 0 Å². The van der Waals surface area contributed by atoms with E-state index in [2.05, 4.69) is 25.0 Å². The molecule has 1 saturated heterocycles. The molecule has 1 atom stereocenters. The average molecular weight is 542 g/mol. The van der Waals surface area contributed by atoms with Crippen molar-refractivity contribution in [2.45, 2.75) is 30.4 Å². The Bertz CT molecular complexity index is 1670. The van der Waals surface area contributed by atoms with Gasteiger partial charge in [0.05, 0.1) is 16.4 Å². The standard InChI is InChI=1S/C29H27N5O4S/c35-39(36,34-17-20-6-4-14-30-16-20)24-12-10-22(11-13-24)27-25(21-7-2-1-3-8-21)26-28(32-19-33-29(26)38-27)31-18-23-9-5-15-37-23/h1-4,6-8,10-14,16,19,23,34H,5,9,15,17-18H2,(H,31,32,33)/t23-/m0/s1. The van der Waals surface area contributed by atoms with Gasteiger partial charge >= 0.3 is 0 Å². The smallest absolute Gasteiger partial charge is 0.240 e. The molecule has 10 heteroatoms. The summed E-state index contributed by atoms with van der Waals surface area (Å²) in [5.41, 5.74) is 3.73. The summed E-state index contributed by atoms with van der Waals surface area (Å²) in [6, 6.07) is 20.1. The number of aromatic nitrogens is 3. The van der Waals surface area contributed by atoms with Gasteiger partial charge in [-0.1, -0.05) is 36.4 Å². The molecule has 0 aliphatic carbocycles. The molecular weight excluding hydrogens is 514 g/mol. The van der Waals surface area contributed by atoms with Gasteiger partial charge in [0, 0.05) is 43.2 Å². The lowest BCUT2D eigenvalue weighted by Gasteiger charge is -2.12. The molecule has 0 saturated carbocycles. The van der Waals surface area contributed by atoms with Gasteiger partial charge in [-0.3, -0.25) is 4.98 Å². The fourth-order valence-electron chi connectivity index (χ4n) is 4.72. The van der Waals surface area contributed by atoms with Crippen molar-refractivity contribution in [2.24, 2.45) is 0 Å². The summed E-state index contributed by atoms with van der Waals surface area (Å²) in [5, 5.41) is 4.20. The molecule has 1 aliphatic rings. The van der Waals surface area contributed by atoms with Gasteiger partial charge in [0.2, 0.25) is 15.7 Å². The third kappa shape index (κ3) is 5.40. The zero-order valence-corrected chi connectivity index (χ0v) is 21.9. The number of furan rings is 1. The molecule has 0 amide bonds. The molecule has 3 aromatic heterocycles. The normalized spacial score (nSPS) is 15.5. The van der Waals surface area contributed by atoms with Crippen molar-refractivity contribution in [3.05, 3.63) is 91.0 Å². The largest absolute Gasteiger partial charge is 0.437 e. The van der Waals surface area contributed by atoms with Crippen LogP contribution in [0.15, 0.2) is 94.8 Å². The summed E-state index contributed by atoms with van der Waals surface area (Å²) in [5.74, 6) is 1.26. The zero-order valence-electron chi connectivity index (χ0n) is 21.1. The Kier molecular flexibility index (Phi) is 7.06. The highest BCUT2D eigenvalue weighted by Gasteiger charge is 2.24. The molecule has 2 aromatic carbocycles. The van der Waals surface area contributed by atoms with Crippen LogP contribution in [0.4, 0.5) is 5.82 Å². The van der Waals surface area contributed by atoms with E-state index < -0.39 is 10.0 Å². The van der Waals surface area contributed by atoms with E-state index in [0.29, 0.717) is 23.8 Å². The van der Waals surface area contributed by atoms with Gasteiger partial charge in [-0.05, 0) is 54.3 Å². The Morgan fingerprint density at radius 2 is 1.79 bits per heavy atom. The Morgan fingerprint density at radius 3 is 2.54 bits per heavy atom. The average Bonchev–Trinajstić information content (AvgIpc) is 3.65. The van der Waals surface area contributed by atoms with Gasteiger partial charge in [0.25, 0.3) is 0 Å². The summed E-state index contributed by atoms with van der Waals surface area (Å²) < 4.78 is 40.5. The molecule has 0 spiro atoms.